The Morgan fingerprint density at radius 3 is 2.57 bits per heavy atom. The summed E-state index contributed by atoms with van der Waals surface area (Å²) in [6.07, 6.45) is 6.53. The predicted molar refractivity (Wildman–Crippen MR) is 163 cm³/mol. The summed E-state index contributed by atoms with van der Waals surface area (Å²) in [5.41, 5.74) is -0.776. The molecule has 4 heterocycles. The summed E-state index contributed by atoms with van der Waals surface area (Å²) in [6.45, 7) is 5.42. The molecule has 0 unspecified atom stereocenters. The quantitative estimate of drug-likeness (QED) is 0.408. The summed E-state index contributed by atoms with van der Waals surface area (Å²) in [5.74, 6) is -3.74. The predicted octanol–water partition coefficient (Wildman–Crippen LogP) is 2.74. The zero-order valence-corrected chi connectivity index (χ0v) is 25.2. The van der Waals surface area contributed by atoms with Gasteiger partial charge in [-0.15, -0.1) is 0 Å². The molecule has 10 nitrogen and oxygen atoms in total. The van der Waals surface area contributed by atoms with Crippen molar-refractivity contribution in [3.05, 3.63) is 66.8 Å². The number of amides is 3. The summed E-state index contributed by atoms with van der Waals surface area (Å²) >= 11 is 0. The summed E-state index contributed by atoms with van der Waals surface area (Å²) < 4.78 is 12.2. The lowest BCUT2D eigenvalue weighted by atomic mass is 9.74. The maximum absolute atomic E-state index is 15.0. The van der Waals surface area contributed by atoms with Gasteiger partial charge in [-0.3, -0.25) is 19.2 Å². The van der Waals surface area contributed by atoms with Gasteiger partial charge in [0.15, 0.2) is 0 Å². The number of aliphatic hydroxyl groups excluding tert-OH is 1. The number of hydrogen-bond donors (Lipinski definition) is 2. The van der Waals surface area contributed by atoms with Crippen LogP contribution in [0.4, 0.5) is 5.69 Å². The Kier molecular flexibility index (Phi) is 8.06. The topological polar surface area (TPSA) is 125 Å². The van der Waals surface area contributed by atoms with Crippen LogP contribution in [0.5, 0.6) is 0 Å². The maximum Gasteiger partial charge on any atom is 0.313 e. The summed E-state index contributed by atoms with van der Waals surface area (Å²) in [4.78, 5) is 58.5. The molecule has 232 valence electrons. The Balaban J connectivity index is 1.49. The number of aliphatic hydroxyl groups is 1. The minimum atomic E-state index is -1.41. The SMILES string of the molecule is CC(C)[C@H](CO)N1C(=O)[C@H]2[C@@H]3C(=O)O[C@H](C)CNC(=O)CC/C=C\CN(c4ccc5ccccc5c4)C(=O)[C@H]1[C@@]21C=C[C@@H]3O1. The number of nitrogens with zero attached hydrogens (tertiary/aromatic N) is 2. The number of esters is 1. The zero-order valence-electron chi connectivity index (χ0n) is 25.2. The van der Waals surface area contributed by atoms with Crippen LogP contribution in [0.15, 0.2) is 66.8 Å². The van der Waals surface area contributed by atoms with Gasteiger partial charge in [-0.1, -0.05) is 68.5 Å². The molecule has 0 radical (unpaired) electrons. The Labute approximate surface area is 256 Å². The highest BCUT2D eigenvalue weighted by molar-refractivity contribution is 6.06. The normalized spacial score (nSPS) is 32.2. The Hall–Kier alpha value is -4.02. The molecule has 6 rings (SSSR count). The van der Waals surface area contributed by atoms with E-state index in [-0.39, 0.29) is 43.8 Å². The summed E-state index contributed by atoms with van der Waals surface area (Å²) in [6, 6.07) is 11.8. The van der Waals surface area contributed by atoms with E-state index in [4.69, 9.17) is 9.47 Å². The number of anilines is 1. The number of benzene rings is 2. The van der Waals surface area contributed by atoms with Gasteiger partial charge in [0.25, 0.3) is 5.91 Å². The van der Waals surface area contributed by atoms with Gasteiger partial charge >= 0.3 is 5.97 Å². The zero-order chi connectivity index (χ0) is 31.2. The largest absolute Gasteiger partial charge is 0.460 e. The van der Waals surface area contributed by atoms with Crippen molar-refractivity contribution in [3.8, 4) is 0 Å². The summed E-state index contributed by atoms with van der Waals surface area (Å²) in [5, 5.41) is 15.3. The number of allylic oxidation sites excluding steroid dienone is 1. The minimum Gasteiger partial charge on any atom is -0.460 e. The van der Waals surface area contributed by atoms with Gasteiger partial charge < -0.3 is 29.7 Å². The van der Waals surface area contributed by atoms with Crippen molar-refractivity contribution >= 4 is 40.2 Å². The van der Waals surface area contributed by atoms with Crippen molar-refractivity contribution < 1.29 is 33.8 Å². The average Bonchev–Trinajstić information content (AvgIpc) is 3.65. The molecule has 2 fully saturated rings. The molecule has 2 saturated heterocycles. The highest BCUT2D eigenvalue weighted by atomic mass is 16.6. The molecule has 4 aliphatic rings. The van der Waals surface area contributed by atoms with E-state index in [1.54, 1.807) is 24.0 Å². The monoisotopic (exact) mass is 601 g/mol. The summed E-state index contributed by atoms with van der Waals surface area (Å²) in [7, 11) is 0. The van der Waals surface area contributed by atoms with Crippen molar-refractivity contribution in [1.29, 1.82) is 0 Å². The fourth-order valence-electron chi connectivity index (χ4n) is 7.13. The Bertz CT molecular complexity index is 1540. The second-order valence-corrected chi connectivity index (χ2v) is 12.5. The second-order valence-electron chi connectivity index (χ2n) is 12.5. The molecule has 7 atom stereocenters. The first-order valence-electron chi connectivity index (χ1n) is 15.4. The van der Waals surface area contributed by atoms with Gasteiger partial charge in [-0.25, -0.2) is 0 Å². The van der Waals surface area contributed by atoms with Crippen molar-refractivity contribution in [3.63, 3.8) is 0 Å². The highest BCUT2D eigenvalue weighted by Crippen LogP contribution is 2.56. The molecule has 10 heteroatoms. The van der Waals surface area contributed by atoms with Crippen LogP contribution in [0.25, 0.3) is 10.8 Å². The van der Waals surface area contributed by atoms with Gasteiger partial charge in [0, 0.05) is 18.7 Å². The number of nitrogens with one attached hydrogen (secondary N) is 1. The van der Waals surface area contributed by atoms with Crippen molar-refractivity contribution in [2.45, 2.75) is 63.5 Å². The van der Waals surface area contributed by atoms with Gasteiger partial charge in [-0.05, 0) is 42.2 Å². The number of fused-ring (bicyclic) bond motifs is 3. The molecule has 0 aromatic heterocycles. The molecule has 5 bridgehead atoms. The Morgan fingerprint density at radius 2 is 1.82 bits per heavy atom. The molecular weight excluding hydrogens is 562 g/mol. The Morgan fingerprint density at radius 1 is 1.05 bits per heavy atom. The number of carbonyl (C=O) groups excluding carboxylic acids is 4. The molecule has 3 amide bonds. The van der Waals surface area contributed by atoms with E-state index in [2.05, 4.69) is 5.32 Å². The molecule has 0 aliphatic carbocycles. The average molecular weight is 602 g/mol. The van der Waals surface area contributed by atoms with Crippen LogP contribution >= 0.6 is 0 Å². The van der Waals surface area contributed by atoms with Gasteiger partial charge in [-0.2, -0.15) is 0 Å². The standard InChI is InChI=1S/C34H39N3O7/c1-20(2)25(19-38)37-30-32(41)36(24-13-12-22-9-6-7-10-23(22)17-24)16-8-4-5-11-27(39)35-18-21(3)43-33(42)28-26-14-15-34(30,44-26)29(28)31(37)40/h4,6-10,12-15,17,20-21,25-26,28-30,38H,5,11,16,18-19H2,1-3H3,(H,35,39)/b8-4-/t21-,25+,26+,28-,29-,30+,34-/m1/s1. The molecule has 0 saturated carbocycles. The van der Waals surface area contributed by atoms with E-state index in [1.165, 1.54) is 4.90 Å². The third-order valence-electron chi connectivity index (χ3n) is 9.34. The number of cyclic esters (lactones) is 1. The fourth-order valence-corrected chi connectivity index (χ4v) is 7.13. The number of rotatable bonds is 4. The number of likely N-dealkylation sites (tertiary alicyclic amines) is 1. The lowest BCUT2D eigenvalue weighted by Gasteiger charge is -2.40. The van der Waals surface area contributed by atoms with E-state index in [9.17, 15) is 24.3 Å². The molecule has 2 N–H and O–H groups in total. The van der Waals surface area contributed by atoms with Crippen molar-refractivity contribution in [1.82, 2.24) is 10.2 Å². The van der Waals surface area contributed by atoms with E-state index >= 15 is 0 Å². The van der Waals surface area contributed by atoms with Crippen molar-refractivity contribution in [2.24, 2.45) is 17.8 Å². The number of hydrogen-bond acceptors (Lipinski definition) is 7. The van der Waals surface area contributed by atoms with Crippen LogP contribution in [0.3, 0.4) is 0 Å². The molecule has 2 aromatic rings. The molecule has 2 aromatic carbocycles. The maximum atomic E-state index is 15.0. The second kappa shape index (κ2) is 11.8. The van der Waals surface area contributed by atoms with E-state index in [0.717, 1.165) is 10.8 Å². The van der Waals surface area contributed by atoms with Crippen LogP contribution < -0.4 is 10.2 Å². The first kappa shape index (κ1) is 30.0. The number of carbonyl (C=O) groups is 4. The van der Waals surface area contributed by atoms with E-state index in [0.29, 0.717) is 12.1 Å². The van der Waals surface area contributed by atoms with E-state index in [1.807, 2.05) is 68.5 Å². The van der Waals surface area contributed by atoms with Gasteiger partial charge in [0.2, 0.25) is 11.8 Å². The van der Waals surface area contributed by atoms with Crippen LogP contribution in [0.2, 0.25) is 0 Å². The van der Waals surface area contributed by atoms with Gasteiger partial charge in [0.1, 0.15) is 23.7 Å². The molecular formula is C34H39N3O7. The van der Waals surface area contributed by atoms with E-state index < -0.39 is 53.6 Å². The molecule has 4 aliphatic heterocycles. The molecule has 1 spiro atoms. The highest BCUT2D eigenvalue weighted by Gasteiger charge is 2.74. The third kappa shape index (κ3) is 4.99. The minimum absolute atomic E-state index is 0.134. The van der Waals surface area contributed by atoms with Crippen LogP contribution in [-0.4, -0.2) is 83.3 Å². The van der Waals surface area contributed by atoms with Crippen LogP contribution in [0, 0.1) is 17.8 Å². The van der Waals surface area contributed by atoms with Gasteiger partial charge in [0.05, 0.1) is 31.2 Å². The molecule has 44 heavy (non-hydrogen) atoms. The first-order valence-corrected chi connectivity index (χ1v) is 15.4. The lowest BCUT2D eigenvalue weighted by Crippen LogP contribution is -2.59. The lowest BCUT2D eigenvalue weighted by molar-refractivity contribution is -0.159. The number of ether oxygens (including phenoxy) is 2. The van der Waals surface area contributed by atoms with Crippen LogP contribution in [0.1, 0.15) is 33.6 Å². The smallest absolute Gasteiger partial charge is 0.313 e. The first-order chi connectivity index (χ1) is 21.2. The van der Waals surface area contributed by atoms with Crippen molar-refractivity contribution in [2.75, 3.05) is 24.6 Å². The van der Waals surface area contributed by atoms with Crippen LogP contribution in [-0.2, 0) is 28.7 Å². The fraction of sp³-hybridized carbons (Fsp3) is 0.471. The third-order valence-corrected chi connectivity index (χ3v) is 9.34.